The van der Waals surface area contributed by atoms with E-state index in [1.165, 1.54) is 11.1 Å². The third kappa shape index (κ3) is 2.91. The molecule has 1 amide bonds. The molecule has 0 unspecified atom stereocenters. The van der Waals surface area contributed by atoms with Gasteiger partial charge in [-0.15, -0.1) is 10.2 Å². The highest BCUT2D eigenvalue weighted by Crippen LogP contribution is 2.20. The van der Waals surface area contributed by atoms with E-state index < -0.39 is 0 Å². The van der Waals surface area contributed by atoms with Gasteiger partial charge in [-0.05, 0) is 49.6 Å². The third-order valence-corrected chi connectivity index (χ3v) is 4.51. The summed E-state index contributed by atoms with van der Waals surface area (Å²) in [5.74, 6) is 0.535. The molecule has 0 saturated carbocycles. The fourth-order valence-corrected chi connectivity index (χ4v) is 3.24. The lowest BCUT2D eigenvalue weighted by Gasteiger charge is -2.28. The number of aryl methyl sites for hydroxylation is 2. The third-order valence-electron chi connectivity index (χ3n) is 4.51. The monoisotopic (exact) mass is 333 g/mol. The topological polar surface area (TPSA) is 63.9 Å². The van der Waals surface area contributed by atoms with Gasteiger partial charge in [0.1, 0.15) is 0 Å². The number of nitrogens with zero attached hydrogens (tertiary/aromatic N) is 5. The van der Waals surface area contributed by atoms with Crippen molar-refractivity contribution < 1.29 is 4.79 Å². The van der Waals surface area contributed by atoms with Crippen molar-refractivity contribution in [2.75, 3.05) is 6.54 Å². The molecule has 25 heavy (non-hydrogen) atoms. The van der Waals surface area contributed by atoms with Crippen LogP contribution in [0.25, 0.3) is 5.82 Å². The SMILES string of the molecule is Cc1cc(C)n(-c2ccc(C(=O)N3CCc4ccccc4C3)nn2)n1. The van der Waals surface area contributed by atoms with Crippen molar-refractivity contribution in [3.05, 3.63) is 70.7 Å². The van der Waals surface area contributed by atoms with Crippen molar-refractivity contribution in [1.82, 2.24) is 24.9 Å². The van der Waals surface area contributed by atoms with Gasteiger partial charge in [-0.3, -0.25) is 4.79 Å². The van der Waals surface area contributed by atoms with Crippen LogP contribution in [0.2, 0.25) is 0 Å². The fourth-order valence-electron chi connectivity index (χ4n) is 3.24. The predicted molar refractivity (Wildman–Crippen MR) is 93.5 cm³/mol. The Morgan fingerprint density at radius 2 is 1.84 bits per heavy atom. The van der Waals surface area contributed by atoms with E-state index in [-0.39, 0.29) is 5.91 Å². The van der Waals surface area contributed by atoms with Gasteiger partial charge in [-0.2, -0.15) is 5.10 Å². The van der Waals surface area contributed by atoms with Crippen molar-refractivity contribution in [2.45, 2.75) is 26.8 Å². The molecule has 3 heterocycles. The highest BCUT2D eigenvalue weighted by atomic mass is 16.2. The Kier molecular flexibility index (Phi) is 3.80. The van der Waals surface area contributed by atoms with Crippen molar-refractivity contribution in [3.63, 3.8) is 0 Å². The van der Waals surface area contributed by atoms with Crippen LogP contribution in [0.1, 0.15) is 33.0 Å². The zero-order valence-electron chi connectivity index (χ0n) is 14.3. The minimum absolute atomic E-state index is 0.0816. The van der Waals surface area contributed by atoms with Crippen LogP contribution in [-0.4, -0.2) is 37.3 Å². The number of hydrogen-bond acceptors (Lipinski definition) is 4. The van der Waals surface area contributed by atoms with Gasteiger partial charge in [0.15, 0.2) is 11.5 Å². The second kappa shape index (κ2) is 6.12. The largest absolute Gasteiger partial charge is 0.333 e. The van der Waals surface area contributed by atoms with Gasteiger partial charge in [-0.1, -0.05) is 24.3 Å². The normalized spacial score (nSPS) is 13.6. The molecule has 6 heteroatoms. The molecular formula is C19H19N5O. The van der Waals surface area contributed by atoms with E-state index in [2.05, 4.69) is 27.4 Å². The van der Waals surface area contributed by atoms with E-state index in [1.54, 1.807) is 16.8 Å². The summed E-state index contributed by atoms with van der Waals surface area (Å²) in [5, 5.41) is 12.7. The molecule has 1 aliphatic heterocycles. The van der Waals surface area contributed by atoms with E-state index in [9.17, 15) is 4.79 Å². The van der Waals surface area contributed by atoms with E-state index >= 15 is 0 Å². The quantitative estimate of drug-likeness (QED) is 0.723. The molecule has 3 aromatic rings. The molecule has 0 N–H and O–H groups in total. The molecule has 4 rings (SSSR count). The van der Waals surface area contributed by atoms with Crippen molar-refractivity contribution >= 4 is 5.91 Å². The molecule has 2 aromatic heterocycles. The van der Waals surface area contributed by atoms with Gasteiger partial charge in [0.2, 0.25) is 0 Å². The van der Waals surface area contributed by atoms with Crippen molar-refractivity contribution in [1.29, 1.82) is 0 Å². The number of aromatic nitrogens is 4. The van der Waals surface area contributed by atoms with Gasteiger partial charge in [-0.25, -0.2) is 4.68 Å². The van der Waals surface area contributed by atoms with Gasteiger partial charge < -0.3 is 4.90 Å². The number of carbonyl (C=O) groups is 1. The van der Waals surface area contributed by atoms with E-state index in [0.717, 1.165) is 17.8 Å². The summed E-state index contributed by atoms with van der Waals surface area (Å²) in [6.45, 7) is 5.22. The van der Waals surface area contributed by atoms with E-state index in [4.69, 9.17) is 0 Å². The Hall–Kier alpha value is -3.02. The van der Waals surface area contributed by atoms with Crippen LogP contribution in [-0.2, 0) is 13.0 Å². The van der Waals surface area contributed by atoms with E-state index in [1.807, 2.05) is 36.9 Å². The summed E-state index contributed by atoms with van der Waals surface area (Å²) < 4.78 is 1.73. The van der Waals surface area contributed by atoms with Crippen LogP contribution in [0.3, 0.4) is 0 Å². The summed E-state index contributed by atoms with van der Waals surface area (Å²) in [6, 6.07) is 13.7. The summed E-state index contributed by atoms with van der Waals surface area (Å²) in [6.07, 6.45) is 0.874. The molecule has 126 valence electrons. The standard InChI is InChI=1S/C19H19N5O/c1-13-11-14(2)24(22-13)18-8-7-17(20-21-18)19(25)23-10-9-15-5-3-4-6-16(15)12-23/h3-8,11H,9-10,12H2,1-2H3. The summed E-state index contributed by atoms with van der Waals surface area (Å²) >= 11 is 0. The van der Waals surface area contributed by atoms with Crippen LogP contribution >= 0.6 is 0 Å². The lowest BCUT2D eigenvalue weighted by molar-refractivity contribution is 0.0727. The first kappa shape index (κ1) is 15.5. The molecule has 0 aliphatic carbocycles. The zero-order valence-corrected chi connectivity index (χ0v) is 14.3. The van der Waals surface area contributed by atoms with Crippen LogP contribution in [0.15, 0.2) is 42.5 Å². The first-order valence-electron chi connectivity index (χ1n) is 8.35. The number of rotatable bonds is 2. The van der Waals surface area contributed by atoms with Crippen LogP contribution in [0.5, 0.6) is 0 Å². The molecule has 6 nitrogen and oxygen atoms in total. The number of amides is 1. The van der Waals surface area contributed by atoms with Gasteiger partial charge in [0, 0.05) is 18.8 Å². The van der Waals surface area contributed by atoms with Crippen molar-refractivity contribution in [2.24, 2.45) is 0 Å². The van der Waals surface area contributed by atoms with Crippen molar-refractivity contribution in [3.8, 4) is 5.82 Å². The van der Waals surface area contributed by atoms with Gasteiger partial charge in [0.25, 0.3) is 5.91 Å². The molecule has 0 radical (unpaired) electrons. The number of fused-ring (bicyclic) bond motifs is 1. The van der Waals surface area contributed by atoms with E-state index in [0.29, 0.717) is 24.6 Å². The highest BCUT2D eigenvalue weighted by molar-refractivity contribution is 5.92. The average Bonchev–Trinajstić information content (AvgIpc) is 2.99. The zero-order chi connectivity index (χ0) is 17.4. The highest BCUT2D eigenvalue weighted by Gasteiger charge is 2.22. The Morgan fingerprint density at radius 3 is 2.52 bits per heavy atom. The second-order valence-electron chi connectivity index (χ2n) is 6.36. The Balaban J connectivity index is 1.54. The second-order valence-corrected chi connectivity index (χ2v) is 6.36. The van der Waals surface area contributed by atoms with Crippen LogP contribution < -0.4 is 0 Å². The lowest BCUT2D eigenvalue weighted by atomic mass is 10.00. The first-order valence-corrected chi connectivity index (χ1v) is 8.35. The first-order chi connectivity index (χ1) is 12.1. The minimum atomic E-state index is -0.0816. The lowest BCUT2D eigenvalue weighted by Crippen LogP contribution is -2.36. The molecule has 0 fully saturated rings. The maximum atomic E-state index is 12.7. The minimum Gasteiger partial charge on any atom is -0.333 e. The van der Waals surface area contributed by atoms with Gasteiger partial charge in [0.05, 0.1) is 5.69 Å². The molecule has 0 atom stereocenters. The molecular weight excluding hydrogens is 314 g/mol. The van der Waals surface area contributed by atoms with Crippen LogP contribution in [0, 0.1) is 13.8 Å². The fraction of sp³-hybridized carbons (Fsp3) is 0.263. The Labute approximate surface area is 146 Å². The maximum Gasteiger partial charge on any atom is 0.274 e. The molecule has 0 bridgehead atoms. The predicted octanol–water partition coefficient (Wildman–Crippen LogP) is 2.48. The smallest absolute Gasteiger partial charge is 0.274 e. The number of benzene rings is 1. The van der Waals surface area contributed by atoms with Crippen LogP contribution in [0.4, 0.5) is 0 Å². The molecule has 1 aromatic carbocycles. The molecule has 0 spiro atoms. The Bertz CT molecular complexity index is 929. The Morgan fingerprint density at radius 1 is 1.04 bits per heavy atom. The molecule has 0 saturated heterocycles. The average molecular weight is 333 g/mol. The summed E-state index contributed by atoms with van der Waals surface area (Å²) in [5.41, 5.74) is 4.79. The number of carbonyl (C=O) groups excluding carboxylic acids is 1. The maximum absolute atomic E-state index is 12.7. The summed E-state index contributed by atoms with van der Waals surface area (Å²) in [7, 11) is 0. The van der Waals surface area contributed by atoms with Gasteiger partial charge >= 0.3 is 0 Å². The molecule has 1 aliphatic rings. The number of hydrogen-bond donors (Lipinski definition) is 0. The summed E-state index contributed by atoms with van der Waals surface area (Å²) in [4.78, 5) is 14.6.